The lowest BCUT2D eigenvalue weighted by Crippen LogP contribution is -2.07. The first-order valence-corrected chi connectivity index (χ1v) is 10.6. The average molecular weight is 425 g/mol. The fraction of sp³-hybridized carbons (Fsp3) is 0.217. The van der Waals surface area contributed by atoms with Crippen LogP contribution in [0.2, 0.25) is 0 Å². The van der Waals surface area contributed by atoms with Crippen molar-refractivity contribution in [3.63, 3.8) is 0 Å². The van der Waals surface area contributed by atoms with Gasteiger partial charge in [0.05, 0.1) is 18.4 Å². The van der Waals surface area contributed by atoms with Crippen molar-refractivity contribution in [3.8, 4) is 11.5 Å². The van der Waals surface area contributed by atoms with Crippen LogP contribution in [0.4, 0.5) is 5.69 Å². The predicted molar refractivity (Wildman–Crippen MR) is 119 cm³/mol. The molecule has 1 N–H and O–H groups in total. The highest BCUT2D eigenvalue weighted by atomic mass is 32.2. The zero-order valence-corrected chi connectivity index (χ0v) is 18.2. The monoisotopic (exact) mass is 424 g/mol. The van der Waals surface area contributed by atoms with Gasteiger partial charge in [-0.2, -0.15) is 0 Å². The molecule has 1 aromatic heterocycles. The molecule has 7 heteroatoms. The normalized spacial score (nSPS) is 10.9. The number of methoxy groups -OCH3 is 1. The number of aryl methyl sites for hydroxylation is 2. The summed E-state index contributed by atoms with van der Waals surface area (Å²) in [5, 5.41) is 6.79. The lowest BCUT2D eigenvalue weighted by molar-refractivity contribution is -0.111. The molecule has 0 atom stereocenters. The van der Waals surface area contributed by atoms with Crippen molar-refractivity contribution in [1.29, 1.82) is 0 Å². The summed E-state index contributed by atoms with van der Waals surface area (Å²) < 4.78 is 16.5. The van der Waals surface area contributed by atoms with E-state index in [1.807, 2.05) is 62.6 Å². The molecule has 0 spiro atoms. The van der Waals surface area contributed by atoms with Crippen LogP contribution in [0, 0.1) is 13.8 Å². The number of nitrogens with one attached hydrogen (secondary N) is 1. The maximum absolute atomic E-state index is 12.2. The Bertz CT molecular complexity index is 1040. The van der Waals surface area contributed by atoms with E-state index in [9.17, 15) is 4.79 Å². The third kappa shape index (κ3) is 5.45. The molecule has 1 heterocycles. The van der Waals surface area contributed by atoms with Gasteiger partial charge in [-0.15, -0.1) is 11.8 Å². The molecule has 0 bridgehead atoms. The summed E-state index contributed by atoms with van der Waals surface area (Å²) in [6, 6.07) is 13.2. The molecule has 156 valence electrons. The highest BCUT2D eigenvalue weighted by Gasteiger charge is 2.12. The van der Waals surface area contributed by atoms with Crippen LogP contribution in [0.5, 0.6) is 11.5 Å². The minimum Gasteiger partial charge on any atom is -0.493 e. The van der Waals surface area contributed by atoms with Gasteiger partial charge in [0.25, 0.3) is 0 Å². The van der Waals surface area contributed by atoms with E-state index >= 15 is 0 Å². The van der Waals surface area contributed by atoms with Crippen LogP contribution < -0.4 is 14.8 Å². The molecular weight excluding hydrogens is 400 g/mol. The topological polar surface area (TPSA) is 73.6 Å². The fourth-order valence-corrected chi connectivity index (χ4v) is 3.28. The summed E-state index contributed by atoms with van der Waals surface area (Å²) in [4.78, 5) is 13.3. The van der Waals surface area contributed by atoms with E-state index in [2.05, 4.69) is 10.5 Å². The quantitative estimate of drug-likeness (QED) is 0.393. The maximum Gasteiger partial charge on any atom is 0.248 e. The van der Waals surface area contributed by atoms with Crippen LogP contribution in [0.1, 0.15) is 22.6 Å². The van der Waals surface area contributed by atoms with Gasteiger partial charge in [0.1, 0.15) is 12.4 Å². The van der Waals surface area contributed by atoms with Crippen LogP contribution in [0.25, 0.3) is 6.08 Å². The second-order valence-electron chi connectivity index (χ2n) is 6.56. The number of ether oxygens (including phenoxy) is 2. The van der Waals surface area contributed by atoms with Crippen LogP contribution in [-0.4, -0.2) is 24.4 Å². The lowest BCUT2D eigenvalue weighted by Gasteiger charge is -2.11. The van der Waals surface area contributed by atoms with E-state index in [1.165, 1.54) is 6.08 Å². The number of carbonyl (C=O) groups is 1. The SMILES string of the molecule is COc1cc(C=CC(=O)Nc2cccc(SC)c2)ccc1OCc1c(C)noc1C. The van der Waals surface area contributed by atoms with Crippen molar-refractivity contribution in [1.82, 2.24) is 5.16 Å². The van der Waals surface area contributed by atoms with Gasteiger partial charge in [-0.25, -0.2) is 0 Å². The molecule has 6 nitrogen and oxygen atoms in total. The molecule has 1 amide bonds. The molecule has 0 unspecified atom stereocenters. The maximum atomic E-state index is 12.2. The molecule has 2 aromatic carbocycles. The van der Waals surface area contributed by atoms with E-state index in [0.717, 1.165) is 33.2 Å². The molecule has 30 heavy (non-hydrogen) atoms. The summed E-state index contributed by atoms with van der Waals surface area (Å²) in [7, 11) is 1.58. The highest BCUT2D eigenvalue weighted by Crippen LogP contribution is 2.30. The Balaban J connectivity index is 1.65. The van der Waals surface area contributed by atoms with Gasteiger partial charge in [-0.3, -0.25) is 4.79 Å². The summed E-state index contributed by atoms with van der Waals surface area (Å²) in [6.07, 6.45) is 5.22. The highest BCUT2D eigenvalue weighted by molar-refractivity contribution is 7.98. The van der Waals surface area contributed by atoms with Crippen LogP contribution in [0.3, 0.4) is 0 Å². The van der Waals surface area contributed by atoms with Crippen LogP contribution in [-0.2, 0) is 11.4 Å². The molecule has 0 saturated carbocycles. The number of amides is 1. The standard InChI is InChI=1S/C23H24N2O4S/c1-15-20(16(2)29-25-15)14-28-21-10-8-17(12-22(21)27-3)9-11-23(26)24-18-6-5-7-19(13-18)30-4/h5-13H,14H2,1-4H3,(H,24,26). The lowest BCUT2D eigenvalue weighted by atomic mass is 10.1. The number of hydrogen-bond acceptors (Lipinski definition) is 6. The Labute approximate surface area is 180 Å². The van der Waals surface area contributed by atoms with Crippen LogP contribution in [0.15, 0.2) is 58.0 Å². The third-order valence-electron chi connectivity index (χ3n) is 4.51. The van der Waals surface area contributed by atoms with Gasteiger partial charge in [0, 0.05) is 16.7 Å². The first-order valence-electron chi connectivity index (χ1n) is 9.36. The van der Waals surface area contributed by atoms with Gasteiger partial charge >= 0.3 is 0 Å². The first kappa shape index (κ1) is 21.5. The van der Waals surface area contributed by atoms with Gasteiger partial charge in [-0.1, -0.05) is 17.3 Å². The van der Waals surface area contributed by atoms with E-state index in [-0.39, 0.29) is 5.91 Å². The van der Waals surface area contributed by atoms with Gasteiger partial charge in [-0.05, 0) is 62.1 Å². The molecule has 3 rings (SSSR count). The van der Waals surface area contributed by atoms with Crippen molar-refractivity contribution in [2.24, 2.45) is 0 Å². The number of aromatic nitrogens is 1. The zero-order valence-electron chi connectivity index (χ0n) is 17.4. The Morgan fingerprint density at radius 1 is 1.20 bits per heavy atom. The van der Waals surface area contributed by atoms with Crippen molar-refractivity contribution in [3.05, 3.63) is 71.1 Å². The number of carbonyl (C=O) groups excluding carboxylic acids is 1. The predicted octanol–water partition coefficient (Wildman–Crippen LogP) is 5.25. The molecule has 0 saturated heterocycles. The molecule has 0 radical (unpaired) electrons. The van der Waals surface area contributed by atoms with Crippen molar-refractivity contribution in [2.75, 3.05) is 18.7 Å². The zero-order chi connectivity index (χ0) is 21.5. The summed E-state index contributed by atoms with van der Waals surface area (Å²) in [5.74, 6) is 1.72. The van der Waals surface area contributed by atoms with Crippen LogP contribution >= 0.6 is 11.8 Å². The van der Waals surface area contributed by atoms with Crippen molar-refractivity contribution < 1.29 is 18.8 Å². The summed E-state index contributed by atoms with van der Waals surface area (Å²) in [5.41, 5.74) is 3.31. The molecule has 3 aromatic rings. The molecular formula is C23H24N2O4S. The number of nitrogens with zero attached hydrogens (tertiary/aromatic N) is 1. The van der Waals surface area contributed by atoms with Gasteiger partial charge < -0.3 is 19.3 Å². The Kier molecular flexibility index (Phi) is 7.19. The smallest absolute Gasteiger partial charge is 0.248 e. The molecule has 0 aliphatic carbocycles. The number of rotatable bonds is 8. The number of anilines is 1. The number of benzene rings is 2. The molecule has 0 aliphatic rings. The number of hydrogen-bond donors (Lipinski definition) is 1. The average Bonchev–Trinajstić information content (AvgIpc) is 3.08. The van der Waals surface area contributed by atoms with E-state index in [1.54, 1.807) is 24.9 Å². The Morgan fingerprint density at radius 3 is 2.73 bits per heavy atom. The fourth-order valence-electron chi connectivity index (χ4n) is 2.82. The number of thioether (sulfide) groups is 1. The van der Waals surface area contributed by atoms with Crippen molar-refractivity contribution >= 4 is 29.4 Å². The molecule has 0 aliphatic heterocycles. The second kappa shape index (κ2) is 10.0. The van der Waals surface area contributed by atoms with Crippen molar-refractivity contribution in [2.45, 2.75) is 25.3 Å². The first-order chi connectivity index (χ1) is 14.5. The van der Waals surface area contributed by atoms with E-state index in [4.69, 9.17) is 14.0 Å². The minimum atomic E-state index is -0.203. The summed E-state index contributed by atoms with van der Waals surface area (Å²) >= 11 is 1.63. The minimum absolute atomic E-state index is 0.203. The third-order valence-corrected chi connectivity index (χ3v) is 5.23. The van der Waals surface area contributed by atoms with Gasteiger partial charge in [0.2, 0.25) is 5.91 Å². The largest absolute Gasteiger partial charge is 0.493 e. The van der Waals surface area contributed by atoms with E-state index < -0.39 is 0 Å². The Morgan fingerprint density at radius 2 is 2.03 bits per heavy atom. The molecule has 0 fully saturated rings. The second-order valence-corrected chi connectivity index (χ2v) is 7.44. The van der Waals surface area contributed by atoms with E-state index in [0.29, 0.717) is 18.1 Å². The van der Waals surface area contributed by atoms with Gasteiger partial charge in [0.15, 0.2) is 11.5 Å². The Hall–Kier alpha value is -3.19. The summed E-state index contributed by atoms with van der Waals surface area (Å²) in [6.45, 7) is 4.07.